The van der Waals surface area contributed by atoms with Gasteiger partial charge in [-0.25, -0.2) is 0 Å². The number of nitrogens with zero attached hydrogens (tertiary/aromatic N) is 1. The second-order valence-corrected chi connectivity index (χ2v) is 8.29. The van der Waals surface area contributed by atoms with Crippen LogP contribution in [0.3, 0.4) is 0 Å². The molecule has 1 saturated heterocycles. The average Bonchev–Trinajstić information content (AvgIpc) is 2.47. The van der Waals surface area contributed by atoms with Crippen LogP contribution in [0.15, 0.2) is 0 Å². The lowest BCUT2D eigenvalue weighted by Crippen LogP contribution is -2.64. The number of hydrogen-bond acceptors (Lipinski definition) is 3. The van der Waals surface area contributed by atoms with Crippen LogP contribution in [0.2, 0.25) is 0 Å². The molecule has 0 aromatic carbocycles. The zero-order valence-corrected chi connectivity index (χ0v) is 14.8. The summed E-state index contributed by atoms with van der Waals surface area (Å²) in [6.07, 6.45) is 7.13. The summed E-state index contributed by atoms with van der Waals surface area (Å²) in [7, 11) is 1.83. The van der Waals surface area contributed by atoms with Crippen molar-refractivity contribution in [1.82, 2.24) is 10.2 Å². The van der Waals surface area contributed by atoms with Crippen LogP contribution in [-0.4, -0.2) is 49.8 Å². The maximum atomic E-state index is 5.45. The third-order valence-corrected chi connectivity index (χ3v) is 5.61. The Morgan fingerprint density at radius 1 is 1.19 bits per heavy atom. The number of ether oxygens (including phenoxy) is 1. The molecule has 0 radical (unpaired) electrons. The van der Waals surface area contributed by atoms with Crippen molar-refractivity contribution in [2.75, 3.05) is 26.8 Å². The Bertz CT molecular complexity index is 307. The first-order chi connectivity index (χ1) is 9.93. The van der Waals surface area contributed by atoms with Crippen molar-refractivity contribution in [2.24, 2.45) is 11.3 Å². The molecule has 0 bridgehead atoms. The van der Waals surface area contributed by atoms with Crippen LogP contribution in [0.1, 0.15) is 59.8 Å². The lowest BCUT2D eigenvalue weighted by molar-refractivity contribution is -0.00595. The Morgan fingerprint density at radius 3 is 2.43 bits per heavy atom. The fourth-order valence-corrected chi connectivity index (χ4v) is 4.17. The van der Waals surface area contributed by atoms with Gasteiger partial charge in [0.25, 0.3) is 0 Å². The minimum atomic E-state index is 0.322. The molecular weight excluding hydrogens is 260 g/mol. The highest BCUT2D eigenvalue weighted by Crippen LogP contribution is 2.33. The van der Waals surface area contributed by atoms with Gasteiger partial charge in [-0.2, -0.15) is 0 Å². The van der Waals surface area contributed by atoms with Gasteiger partial charge >= 0.3 is 0 Å². The van der Waals surface area contributed by atoms with Gasteiger partial charge in [0.2, 0.25) is 0 Å². The van der Waals surface area contributed by atoms with Crippen molar-refractivity contribution in [1.29, 1.82) is 0 Å². The largest absolute Gasteiger partial charge is 0.383 e. The van der Waals surface area contributed by atoms with Crippen LogP contribution < -0.4 is 5.32 Å². The summed E-state index contributed by atoms with van der Waals surface area (Å²) in [5.41, 5.74) is 0.322. The zero-order chi connectivity index (χ0) is 15.5. The van der Waals surface area contributed by atoms with Crippen molar-refractivity contribution in [2.45, 2.75) is 77.9 Å². The maximum absolute atomic E-state index is 5.45. The third-order valence-electron chi connectivity index (χ3n) is 5.61. The normalized spacial score (nSPS) is 31.3. The first-order valence-corrected chi connectivity index (χ1v) is 8.91. The van der Waals surface area contributed by atoms with Crippen molar-refractivity contribution in [3.63, 3.8) is 0 Å². The van der Waals surface area contributed by atoms with Crippen LogP contribution >= 0.6 is 0 Å². The molecule has 0 spiro atoms. The molecule has 1 heterocycles. The molecule has 0 amide bonds. The predicted molar refractivity (Wildman–Crippen MR) is 89.7 cm³/mol. The van der Waals surface area contributed by atoms with E-state index in [-0.39, 0.29) is 0 Å². The molecule has 1 aliphatic heterocycles. The molecule has 124 valence electrons. The van der Waals surface area contributed by atoms with Gasteiger partial charge in [-0.3, -0.25) is 4.90 Å². The molecule has 21 heavy (non-hydrogen) atoms. The van der Waals surface area contributed by atoms with Gasteiger partial charge in [0.1, 0.15) is 0 Å². The Balaban J connectivity index is 2.07. The van der Waals surface area contributed by atoms with Gasteiger partial charge < -0.3 is 10.1 Å². The molecule has 2 rings (SSSR count). The Morgan fingerprint density at radius 2 is 1.86 bits per heavy atom. The van der Waals surface area contributed by atoms with E-state index < -0.39 is 0 Å². The summed E-state index contributed by atoms with van der Waals surface area (Å²) in [6.45, 7) is 12.6. The number of hydrogen-bond donors (Lipinski definition) is 1. The number of methoxy groups -OCH3 is 1. The van der Waals surface area contributed by atoms with Gasteiger partial charge in [0.15, 0.2) is 0 Å². The minimum Gasteiger partial charge on any atom is -0.383 e. The fraction of sp³-hybridized carbons (Fsp3) is 1.00. The monoisotopic (exact) mass is 296 g/mol. The van der Waals surface area contributed by atoms with E-state index in [0.717, 1.165) is 25.6 Å². The molecule has 3 heteroatoms. The van der Waals surface area contributed by atoms with Crippen LogP contribution in [-0.2, 0) is 4.74 Å². The van der Waals surface area contributed by atoms with E-state index in [1.807, 2.05) is 7.11 Å². The number of nitrogens with one attached hydrogen (secondary N) is 1. The van der Waals surface area contributed by atoms with E-state index in [4.69, 9.17) is 4.74 Å². The Hall–Kier alpha value is -0.120. The molecule has 1 N–H and O–H groups in total. The third kappa shape index (κ3) is 4.43. The average molecular weight is 296 g/mol. The van der Waals surface area contributed by atoms with Crippen LogP contribution in [0, 0.1) is 11.3 Å². The Kier molecular flexibility index (Phi) is 6.10. The molecule has 3 unspecified atom stereocenters. The van der Waals surface area contributed by atoms with Gasteiger partial charge in [0.05, 0.1) is 6.61 Å². The van der Waals surface area contributed by atoms with Crippen LogP contribution in [0.25, 0.3) is 0 Å². The summed E-state index contributed by atoms with van der Waals surface area (Å²) in [5, 5.41) is 3.85. The highest BCUT2D eigenvalue weighted by atomic mass is 16.5. The number of rotatable bonds is 4. The second-order valence-electron chi connectivity index (χ2n) is 8.29. The van der Waals surface area contributed by atoms with E-state index >= 15 is 0 Å². The number of piperazine rings is 1. The van der Waals surface area contributed by atoms with Crippen LogP contribution in [0.4, 0.5) is 0 Å². The summed E-state index contributed by atoms with van der Waals surface area (Å²) in [6, 6.07) is 1.81. The smallest absolute Gasteiger partial charge is 0.0615 e. The van der Waals surface area contributed by atoms with Gasteiger partial charge in [0, 0.05) is 38.3 Å². The minimum absolute atomic E-state index is 0.322. The van der Waals surface area contributed by atoms with Gasteiger partial charge in [-0.05, 0) is 31.1 Å². The summed E-state index contributed by atoms with van der Waals surface area (Å²) >= 11 is 0. The van der Waals surface area contributed by atoms with E-state index in [1.165, 1.54) is 32.1 Å². The maximum Gasteiger partial charge on any atom is 0.0615 e. The van der Waals surface area contributed by atoms with Crippen molar-refractivity contribution in [3.05, 3.63) is 0 Å². The quantitative estimate of drug-likeness (QED) is 0.861. The first kappa shape index (κ1) is 17.2. The van der Waals surface area contributed by atoms with E-state index in [2.05, 4.69) is 37.9 Å². The van der Waals surface area contributed by atoms with E-state index in [1.54, 1.807) is 0 Å². The standard InChI is InChI=1S/C18H36N2O/c1-14(13-21-5)20-12-17(18(2,3)4)19-11-16(20)15-9-7-6-8-10-15/h14-17,19H,6-13H2,1-5H3. The second kappa shape index (κ2) is 7.43. The highest BCUT2D eigenvalue weighted by molar-refractivity contribution is 4.96. The van der Waals surface area contributed by atoms with Gasteiger partial charge in [-0.15, -0.1) is 0 Å². The van der Waals surface area contributed by atoms with Crippen molar-refractivity contribution in [3.8, 4) is 0 Å². The van der Waals surface area contributed by atoms with Crippen molar-refractivity contribution < 1.29 is 4.74 Å². The van der Waals surface area contributed by atoms with E-state index in [0.29, 0.717) is 23.5 Å². The summed E-state index contributed by atoms with van der Waals surface area (Å²) < 4.78 is 5.45. The topological polar surface area (TPSA) is 24.5 Å². The molecule has 2 aliphatic rings. The van der Waals surface area contributed by atoms with Crippen molar-refractivity contribution >= 4 is 0 Å². The molecule has 2 fully saturated rings. The molecule has 1 aliphatic carbocycles. The van der Waals surface area contributed by atoms with E-state index in [9.17, 15) is 0 Å². The molecule has 3 atom stereocenters. The predicted octanol–water partition coefficient (Wildman–Crippen LogP) is 3.29. The molecule has 0 aromatic heterocycles. The Labute approximate surface area is 131 Å². The summed E-state index contributed by atoms with van der Waals surface area (Å²) in [4.78, 5) is 2.76. The SMILES string of the molecule is COCC(C)N1CC(C(C)(C)C)NCC1C1CCCCC1. The zero-order valence-electron chi connectivity index (χ0n) is 14.8. The lowest BCUT2D eigenvalue weighted by atomic mass is 9.79. The fourth-order valence-electron chi connectivity index (χ4n) is 4.17. The molecule has 3 nitrogen and oxygen atoms in total. The summed E-state index contributed by atoms with van der Waals surface area (Å²) in [5.74, 6) is 0.881. The molecular formula is C18H36N2O. The highest BCUT2D eigenvalue weighted by Gasteiger charge is 2.39. The molecule has 0 aromatic rings. The van der Waals surface area contributed by atoms with Gasteiger partial charge in [-0.1, -0.05) is 40.0 Å². The first-order valence-electron chi connectivity index (χ1n) is 8.91. The van der Waals surface area contributed by atoms with Crippen LogP contribution in [0.5, 0.6) is 0 Å². The lowest BCUT2D eigenvalue weighted by Gasteiger charge is -2.50. The molecule has 1 saturated carbocycles.